The van der Waals surface area contributed by atoms with Gasteiger partial charge in [-0.25, -0.2) is 0 Å². The number of amides is 1. The Morgan fingerprint density at radius 1 is 0.861 bits per heavy atom. The number of carbonyl (C=O) groups excluding carboxylic acids is 3. The monoisotopic (exact) mass is 525 g/mol. The SMILES string of the molecule is CC(=O)Oc1ccc([C@@H]2[C@@H](CC[C@@H](OC(C)=O)c3ccc(Cl)cc3)C(=O)N2c2ccc(Cl)cc2)cc1. The van der Waals surface area contributed by atoms with Crippen molar-refractivity contribution < 1.29 is 23.9 Å². The number of ether oxygens (including phenoxy) is 2. The first kappa shape index (κ1) is 25.7. The smallest absolute Gasteiger partial charge is 0.308 e. The van der Waals surface area contributed by atoms with Gasteiger partial charge in [-0.15, -0.1) is 0 Å². The molecule has 1 fully saturated rings. The fourth-order valence-corrected chi connectivity index (χ4v) is 4.75. The topological polar surface area (TPSA) is 72.9 Å². The molecule has 3 aromatic carbocycles. The number of β-lactam (4-membered cyclic amide) rings is 1. The number of anilines is 1. The second-order valence-corrected chi connectivity index (χ2v) is 9.50. The molecule has 0 bridgehead atoms. The van der Waals surface area contributed by atoms with Crippen LogP contribution in [0, 0.1) is 5.92 Å². The lowest BCUT2D eigenvalue weighted by atomic mass is 9.78. The van der Waals surface area contributed by atoms with E-state index in [-0.39, 0.29) is 17.9 Å². The summed E-state index contributed by atoms with van der Waals surface area (Å²) in [4.78, 5) is 38.2. The maximum atomic E-state index is 13.4. The minimum absolute atomic E-state index is 0.0240. The maximum Gasteiger partial charge on any atom is 0.308 e. The number of hydrogen-bond acceptors (Lipinski definition) is 5. The summed E-state index contributed by atoms with van der Waals surface area (Å²) in [6.07, 6.45) is 0.470. The molecule has 0 aliphatic carbocycles. The summed E-state index contributed by atoms with van der Waals surface area (Å²) < 4.78 is 10.7. The van der Waals surface area contributed by atoms with Crippen molar-refractivity contribution in [2.45, 2.75) is 38.8 Å². The molecule has 0 unspecified atom stereocenters. The number of carbonyl (C=O) groups is 3. The number of rotatable bonds is 8. The largest absolute Gasteiger partial charge is 0.458 e. The van der Waals surface area contributed by atoms with Gasteiger partial charge < -0.3 is 14.4 Å². The van der Waals surface area contributed by atoms with Crippen molar-refractivity contribution in [3.05, 3.63) is 94.0 Å². The van der Waals surface area contributed by atoms with Gasteiger partial charge in [-0.2, -0.15) is 0 Å². The highest BCUT2D eigenvalue weighted by Gasteiger charge is 2.48. The Morgan fingerprint density at radius 3 is 2.00 bits per heavy atom. The van der Waals surface area contributed by atoms with Gasteiger partial charge in [0.15, 0.2) is 0 Å². The molecule has 1 heterocycles. The zero-order valence-corrected chi connectivity index (χ0v) is 21.3. The number of benzene rings is 3. The Bertz CT molecular complexity index is 1240. The number of hydrogen-bond donors (Lipinski definition) is 0. The van der Waals surface area contributed by atoms with Gasteiger partial charge in [0.1, 0.15) is 11.9 Å². The lowest BCUT2D eigenvalue weighted by Gasteiger charge is -2.48. The van der Waals surface area contributed by atoms with Gasteiger partial charge in [-0.05, 0) is 72.5 Å². The van der Waals surface area contributed by atoms with Gasteiger partial charge in [-0.1, -0.05) is 47.5 Å². The van der Waals surface area contributed by atoms with E-state index in [2.05, 4.69) is 0 Å². The van der Waals surface area contributed by atoms with E-state index in [1.807, 2.05) is 36.4 Å². The number of esters is 2. The van der Waals surface area contributed by atoms with E-state index < -0.39 is 18.0 Å². The minimum Gasteiger partial charge on any atom is -0.458 e. The molecule has 0 aromatic heterocycles. The van der Waals surface area contributed by atoms with Gasteiger partial charge >= 0.3 is 11.9 Å². The summed E-state index contributed by atoms with van der Waals surface area (Å²) in [5.74, 6) is -0.713. The summed E-state index contributed by atoms with van der Waals surface area (Å²) in [5.41, 5.74) is 2.46. The van der Waals surface area contributed by atoms with Crippen molar-refractivity contribution in [2.75, 3.05) is 4.90 Å². The molecule has 3 atom stereocenters. The minimum atomic E-state index is -0.496. The van der Waals surface area contributed by atoms with Crippen LogP contribution in [-0.4, -0.2) is 17.8 Å². The quantitative estimate of drug-likeness (QED) is 0.185. The van der Waals surface area contributed by atoms with Crippen LogP contribution in [0.15, 0.2) is 72.8 Å². The van der Waals surface area contributed by atoms with Crippen molar-refractivity contribution in [3.63, 3.8) is 0 Å². The van der Waals surface area contributed by atoms with Crippen LogP contribution in [0.5, 0.6) is 5.75 Å². The molecular formula is C28H25Cl2NO5. The van der Waals surface area contributed by atoms with E-state index in [0.717, 1.165) is 16.8 Å². The predicted octanol–water partition coefficient (Wildman–Crippen LogP) is 6.71. The average molecular weight is 526 g/mol. The van der Waals surface area contributed by atoms with E-state index in [9.17, 15) is 14.4 Å². The van der Waals surface area contributed by atoms with Crippen molar-refractivity contribution >= 4 is 46.7 Å². The summed E-state index contributed by atoms with van der Waals surface area (Å²) in [7, 11) is 0. The van der Waals surface area contributed by atoms with Gasteiger partial charge in [0.05, 0.1) is 12.0 Å². The molecule has 6 nitrogen and oxygen atoms in total. The zero-order chi connectivity index (χ0) is 25.8. The highest BCUT2D eigenvalue weighted by atomic mass is 35.5. The van der Waals surface area contributed by atoms with Crippen LogP contribution in [-0.2, 0) is 19.1 Å². The lowest BCUT2D eigenvalue weighted by molar-refractivity contribution is -0.147. The van der Waals surface area contributed by atoms with Crippen LogP contribution >= 0.6 is 23.2 Å². The number of halogens is 2. The van der Waals surface area contributed by atoms with Crippen molar-refractivity contribution in [1.82, 2.24) is 0 Å². The summed E-state index contributed by atoms with van der Waals surface area (Å²) in [6.45, 7) is 2.71. The molecule has 0 spiro atoms. The molecule has 3 aromatic rings. The zero-order valence-electron chi connectivity index (χ0n) is 19.8. The molecule has 1 amide bonds. The van der Waals surface area contributed by atoms with E-state index >= 15 is 0 Å². The fraction of sp³-hybridized carbons (Fsp3) is 0.250. The molecule has 1 aliphatic heterocycles. The van der Waals surface area contributed by atoms with Crippen molar-refractivity contribution in [1.29, 1.82) is 0 Å². The van der Waals surface area contributed by atoms with Crippen LogP contribution in [0.1, 0.15) is 50.0 Å². The molecule has 1 aliphatic rings. The Hall–Kier alpha value is -3.35. The second-order valence-electron chi connectivity index (χ2n) is 8.63. The van der Waals surface area contributed by atoms with E-state index in [1.54, 1.807) is 41.3 Å². The first-order valence-corrected chi connectivity index (χ1v) is 12.3. The van der Waals surface area contributed by atoms with Crippen molar-refractivity contribution in [3.8, 4) is 5.75 Å². The van der Waals surface area contributed by atoms with Crippen molar-refractivity contribution in [2.24, 2.45) is 5.92 Å². The number of nitrogens with zero attached hydrogens (tertiary/aromatic N) is 1. The van der Waals surface area contributed by atoms with E-state index in [0.29, 0.717) is 28.6 Å². The standard InChI is InChI=1S/C28H25Cl2NO5/c1-17(32)35-24-13-5-20(6-14-24)27-25(28(34)31(27)23-11-9-22(30)10-12-23)15-16-26(36-18(2)33)19-3-7-21(29)8-4-19/h3-14,25-27H,15-16H2,1-2H3/t25-,26-,27-/m1/s1. The fourth-order valence-electron chi connectivity index (χ4n) is 4.50. The molecule has 8 heteroatoms. The molecule has 0 saturated carbocycles. The van der Waals surface area contributed by atoms with Crippen LogP contribution < -0.4 is 9.64 Å². The first-order chi connectivity index (χ1) is 17.2. The normalized spacial score (nSPS) is 17.8. The molecule has 4 rings (SSSR count). The van der Waals surface area contributed by atoms with E-state index in [4.69, 9.17) is 32.7 Å². The third-order valence-electron chi connectivity index (χ3n) is 6.09. The third kappa shape index (κ3) is 5.89. The molecule has 0 N–H and O–H groups in total. The van der Waals surface area contributed by atoms with Crippen LogP contribution in [0.2, 0.25) is 10.0 Å². The van der Waals surface area contributed by atoms with Crippen LogP contribution in [0.4, 0.5) is 5.69 Å². The molecule has 186 valence electrons. The highest BCUT2D eigenvalue weighted by Crippen LogP contribution is 2.47. The van der Waals surface area contributed by atoms with Crippen LogP contribution in [0.3, 0.4) is 0 Å². The first-order valence-electron chi connectivity index (χ1n) is 11.5. The molecule has 36 heavy (non-hydrogen) atoms. The van der Waals surface area contributed by atoms with Crippen LogP contribution in [0.25, 0.3) is 0 Å². The Balaban J connectivity index is 1.59. The average Bonchev–Trinajstić information content (AvgIpc) is 2.83. The Labute approximate surface area is 219 Å². The molecule has 1 saturated heterocycles. The van der Waals surface area contributed by atoms with Gasteiger partial charge in [0.2, 0.25) is 5.91 Å². The van der Waals surface area contributed by atoms with Gasteiger partial charge in [-0.3, -0.25) is 14.4 Å². The lowest BCUT2D eigenvalue weighted by Crippen LogP contribution is -2.55. The highest BCUT2D eigenvalue weighted by molar-refractivity contribution is 6.30. The van der Waals surface area contributed by atoms with E-state index in [1.165, 1.54) is 13.8 Å². The predicted molar refractivity (Wildman–Crippen MR) is 138 cm³/mol. The third-order valence-corrected chi connectivity index (χ3v) is 6.60. The molecular weight excluding hydrogens is 501 g/mol. The summed E-state index contributed by atoms with van der Waals surface area (Å²) in [6, 6.07) is 21.2. The maximum absolute atomic E-state index is 13.4. The molecule has 0 radical (unpaired) electrons. The van der Waals surface area contributed by atoms with Gasteiger partial charge in [0, 0.05) is 29.6 Å². The Kier molecular flexibility index (Phi) is 7.97. The summed E-state index contributed by atoms with van der Waals surface area (Å²) >= 11 is 12.1. The van der Waals surface area contributed by atoms with Gasteiger partial charge in [0.25, 0.3) is 0 Å². The summed E-state index contributed by atoms with van der Waals surface area (Å²) in [5, 5.41) is 1.17. The second kappa shape index (κ2) is 11.1. The Morgan fingerprint density at radius 2 is 1.44 bits per heavy atom.